The molecular weight excluding hydrogens is 266 g/mol. The van der Waals surface area contributed by atoms with Crippen molar-refractivity contribution in [2.24, 2.45) is 0 Å². The highest BCUT2D eigenvalue weighted by molar-refractivity contribution is 7.88. The maximum atomic E-state index is 11.4. The molecule has 0 aliphatic heterocycles. The van der Waals surface area contributed by atoms with Crippen LogP contribution < -0.4 is 0 Å². The number of nitrogens with zero attached hydrogens (tertiary/aromatic N) is 1. The number of rotatable bonds is 11. The summed E-state index contributed by atoms with van der Waals surface area (Å²) in [6.45, 7) is 6.61. The minimum Gasteiger partial charge on any atom is -0.466 e. The molecule has 0 fully saturated rings. The third-order valence-corrected chi connectivity index (χ3v) is 3.92. The van der Waals surface area contributed by atoms with Gasteiger partial charge in [0.2, 0.25) is 10.0 Å². The van der Waals surface area contributed by atoms with E-state index in [1.807, 2.05) is 0 Å². The minimum absolute atomic E-state index is 0.160. The fraction of sp³-hybridized carbons (Fsp3) is 0.769. The molecule has 112 valence electrons. The lowest BCUT2D eigenvalue weighted by molar-refractivity contribution is -0.143. The van der Waals surface area contributed by atoms with Gasteiger partial charge in [0, 0.05) is 19.5 Å². The molecule has 0 spiro atoms. The molecule has 0 atom stereocenters. The predicted octanol–water partition coefficient (Wildman–Crippen LogP) is 1.95. The van der Waals surface area contributed by atoms with Gasteiger partial charge in [-0.1, -0.05) is 18.9 Å². The predicted molar refractivity (Wildman–Crippen MR) is 76.3 cm³/mol. The topological polar surface area (TPSA) is 63.7 Å². The first-order valence-corrected chi connectivity index (χ1v) is 8.48. The van der Waals surface area contributed by atoms with Gasteiger partial charge in [0.25, 0.3) is 0 Å². The van der Waals surface area contributed by atoms with Gasteiger partial charge >= 0.3 is 5.97 Å². The Kier molecular flexibility index (Phi) is 9.51. The molecule has 0 aliphatic carbocycles. The van der Waals surface area contributed by atoms with Crippen LogP contribution in [0.1, 0.15) is 39.0 Å². The highest BCUT2D eigenvalue weighted by Gasteiger charge is 2.13. The van der Waals surface area contributed by atoms with Crippen LogP contribution in [-0.2, 0) is 19.6 Å². The number of carbonyl (C=O) groups is 1. The van der Waals surface area contributed by atoms with Crippen LogP contribution in [-0.4, -0.2) is 44.6 Å². The fourth-order valence-electron chi connectivity index (χ4n) is 1.68. The molecule has 0 unspecified atom stereocenters. The minimum atomic E-state index is -3.15. The average Bonchev–Trinajstić information content (AvgIpc) is 2.31. The molecule has 0 heterocycles. The van der Waals surface area contributed by atoms with Gasteiger partial charge in [-0.2, -0.15) is 4.31 Å². The van der Waals surface area contributed by atoms with Gasteiger partial charge in [0.05, 0.1) is 12.9 Å². The second-order valence-electron chi connectivity index (χ2n) is 4.38. The third-order valence-electron chi connectivity index (χ3n) is 2.65. The average molecular weight is 291 g/mol. The number of carbonyl (C=O) groups excluding carboxylic acids is 1. The van der Waals surface area contributed by atoms with Crippen molar-refractivity contribution in [3.05, 3.63) is 12.7 Å². The molecule has 5 nitrogen and oxygen atoms in total. The number of sulfonamides is 1. The lowest BCUT2D eigenvalue weighted by Crippen LogP contribution is -2.31. The molecule has 0 aromatic rings. The van der Waals surface area contributed by atoms with E-state index < -0.39 is 10.0 Å². The van der Waals surface area contributed by atoms with Crippen molar-refractivity contribution in [3.8, 4) is 0 Å². The van der Waals surface area contributed by atoms with E-state index in [0.29, 0.717) is 26.1 Å². The zero-order valence-corrected chi connectivity index (χ0v) is 12.7. The van der Waals surface area contributed by atoms with Crippen molar-refractivity contribution in [1.82, 2.24) is 4.31 Å². The zero-order valence-electron chi connectivity index (χ0n) is 11.9. The van der Waals surface area contributed by atoms with Crippen LogP contribution >= 0.6 is 0 Å². The lowest BCUT2D eigenvalue weighted by Gasteiger charge is -2.17. The summed E-state index contributed by atoms with van der Waals surface area (Å²) in [5, 5.41) is 0. The number of ether oxygens (including phenoxy) is 1. The summed E-state index contributed by atoms with van der Waals surface area (Å²) in [4.78, 5) is 11.1. The summed E-state index contributed by atoms with van der Waals surface area (Å²) in [6, 6.07) is 0. The number of esters is 1. The lowest BCUT2D eigenvalue weighted by atomic mass is 10.1. The van der Waals surface area contributed by atoms with Crippen LogP contribution in [0.5, 0.6) is 0 Å². The van der Waals surface area contributed by atoms with Gasteiger partial charge in [-0.05, 0) is 19.8 Å². The molecule has 0 aromatic heterocycles. The first-order valence-electron chi connectivity index (χ1n) is 6.63. The Morgan fingerprint density at radius 3 is 2.42 bits per heavy atom. The Hall–Kier alpha value is -0.880. The second kappa shape index (κ2) is 9.97. The van der Waals surface area contributed by atoms with Crippen molar-refractivity contribution in [3.63, 3.8) is 0 Å². The summed E-state index contributed by atoms with van der Waals surface area (Å²) in [5.41, 5.74) is 0. The molecule has 0 rings (SSSR count). The van der Waals surface area contributed by atoms with Crippen LogP contribution in [0.25, 0.3) is 0 Å². The maximum absolute atomic E-state index is 11.4. The van der Waals surface area contributed by atoms with Gasteiger partial charge < -0.3 is 4.74 Å². The van der Waals surface area contributed by atoms with Crippen molar-refractivity contribution in [2.45, 2.75) is 39.0 Å². The van der Waals surface area contributed by atoms with Gasteiger partial charge in [0.15, 0.2) is 0 Å². The standard InChI is InChI=1S/C13H25NO4S/c1-4-11-14(19(3,16)17)12-9-7-6-8-10-13(15)18-5-2/h4H,1,5-12H2,2-3H3. The highest BCUT2D eigenvalue weighted by atomic mass is 32.2. The number of hydrogen-bond donors (Lipinski definition) is 0. The smallest absolute Gasteiger partial charge is 0.305 e. The van der Waals surface area contributed by atoms with Crippen molar-refractivity contribution in [2.75, 3.05) is 26.0 Å². The van der Waals surface area contributed by atoms with Crippen molar-refractivity contribution < 1.29 is 17.9 Å². The summed E-state index contributed by atoms with van der Waals surface area (Å²) in [7, 11) is -3.15. The van der Waals surface area contributed by atoms with Gasteiger partial charge in [-0.15, -0.1) is 6.58 Å². The molecular formula is C13H25NO4S. The Morgan fingerprint density at radius 1 is 1.26 bits per heavy atom. The Balaban J connectivity index is 3.72. The Bertz CT molecular complexity index is 365. The normalized spacial score (nSPS) is 11.5. The van der Waals surface area contributed by atoms with E-state index in [-0.39, 0.29) is 5.97 Å². The van der Waals surface area contributed by atoms with E-state index >= 15 is 0 Å². The van der Waals surface area contributed by atoms with Crippen LogP contribution in [0.15, 0.2) is 12.7 Å². The van der Waals surface area contributed by atoms with E-state index in [0.717, 1.165) is 25.7 Å². The molecule has 0 saturated heterocycles. The molecule has 6 heteroatoms. The van der Waals surface area contributed by atoms with Crippen molar-refractivity contribution >= 4 is 16.0 Å². The van der Waals surface area contributed by atoms with Crippen molar-refractivity contribution in [1.29, 1.82) is 0 Å². The quantitative estimate of drug-likeness (QED) is 0.331. The molecule has 0 amide bonds. The summed E-state index contributed by atoms with van der Waals surface area (Å²) >= 11 is 0. The molecule has 0 radical (unpaired) electrons. The van der Waals surface area contributed by atoms with Gasteiger partial charge in [0.1, 0.15) is 0 Å². The second-order valence-corrected chi connectivity index (χ2v) is 6.36. The SMILES string of the molecule is C=CCN(CCCCCCC(=O)OCC)S(C)(=O)=O. The van der Waals surface area contributed by atoms with E-state index in [1.165, 1.54) is 10.6 Å². The van der Waals surface area contributed by atoms with Crippen LogP contribution in [0.3, 0.4) is 0 Å². The zero-order chi connectivity index (χ0) is 14.7. The van der Waals surface area contributed by atoms with Gasteiger partial charge in [-0.25, -0.2) is 8.42 Å². The highest BCUT2D eigenvalue weighted by Crippen LogP contribution is 2.07. The molecule has 0 bridgehead atoms. The first kappa shape index (κ1) is 18.1. The summed E-state index contributed by atoms with van der Waals surface area (Å²) < 4.78 is 29.1. The van der Waals surface area contributed by atoms with E-state index in [1.54, 1.807) is 13.0 Å². The molecule has 0 saturated carbocycles. The number of unbranched alkanes of at least 4 members (excludes halogenated alkanes) is 3. The molecule has 0 N–H and O–H groups in total. The van der Waals surface area contributed by atoms with E-state index in [9.17, 15) is 13.2 Å². The maximum Gasteiger partial charge on any atom is 0.305 e. The monoisotopic (exact) mass is 291 g/mol. The van der Waals surface area contributed by atoms with E-state index in [4.69, 9.17) is 4.74 Å². The summed E-state index contributed by atoms with van der Waals surface area (Å²) in [5.74, 6) is -0.160. The number of hydrogen-bond acceptors (Lipinski definition) is 4. The Morgan fingerprint density at radius 2 is 1.89 bits per heavy atom. The largest absolute Gasteiger partial charge is 0.466 e. The summed E-state index contributed by atoms with van der Waals surface area (Å²) in [6.07, 6.45) is 6.63. The van der Waals surface area contributed by atoms with Crippen LogP contribution in [0, 0.1) is 0 Å². The van der Waals surface area contributed by atoms with Crippen LogP contribution in [0.4, 0.5) is 0 Å². The molecule has 0 aromatic carbocycles. The third kappa shape index (κ3) is 9.67. The molecule has 19 heavy (non-hydrogen) atoms. The van der Waals surface area contributed by atoms with Crippen LogP contribution in [0.2, 0.25) is 0 Å². The fourth-order valence-corrected chi connectivity index (χ4v) is 2.52. The molecule has 0 aliphatic rings. The first-order chi connectivity index (χ1) is 8.91. The van der Waals surface area contributed by atoms with E-state index in [2.05, 4.69) is 6.58 Å². The Labute approximate surface area is 116 Å². The van der Waals surface area contributed by atoms with Gasteiger partial charge in [-0.3, -0.25) is 4.79 Å².